The van der Waals surface area contributed by atoms with Crippen LogP contribution in [0.25, 0.3) is 10.9 Å². The molecule has 3 rings (SSSR count). The Morgan fingerprint density at radius 2 is 2.25 bits per heavy atom. The number of hydrazone groups is 1. The number of pyridine rings is 1. The molecular weight excluding hydrogens is 274 g/mol. The van der Waals surface area contributed by atoms with Crippen molar-refractivity contribution < 1.29 is 4.79 Å². The molecule has 1 aromatic heterocycles. The van der Waals surface area contributed by atoms with E-state index < -0.39 is 0 Å². The Morgan fingerprint density at radius 1 is 1.45 bits per heavy atom. The average Bonchev–Trinajstić information content (AvgIpc) is 3.23. The summed E-state index contributed by atoms with van der Waals surface area (Å²) < 4.78 is 0. The summed E-state index contributed by atoms with van der Waals surface area (Å²) in [6.45, 7) is 2.01. The molecule has 4 nitrogen and oxygen atoms in total. The van der Waals surface area contributed by atoms with Crippen molar-refractivity contribution in [1.29, 1.82) is 0 Å². The lowest BCUT2D eigenvalue weighted by atomic mass is 10.1. The van der Waals surface area contributed by atoms with Crippen LogP contribution in [0.2, 0.25) is 5.15 Å². The number of rotatable bonds is 3. The van der Waals surface area contributed by atoms with E-state index in [4.69, 9.17) is 11.6 Å². The summed E-state index contributed by atoms with van der Waals surface area (Å²) in [6, 6.07) is 7.91. The highest BCUT2D eigenvalue weighted by Crippen LogP contribution is 2.28. The molecular formula is C15H14ClN3O. The Morgan fingerprint density at radius 3 is 3.00 bits per heavy atom. The van der Waals surface area contributed by atoms with Crippen LogP contribution in [-0.4, -0.2) is 17.1 Å². The summed E-state index contributed by atoms with van der Waals surface area (Å²) in [6.07, 6.45) is 3.45. The lowest BCUT2D eigenvalue weighted by Crippen LogP contribution is -2.19. The number of carbonyl (C=O) groups is 1. The van der Waals surface area contributed by atoms with Gasteiger partial charge in [-0.2, -0.15) is 5.10 Å². The van der Waals surface area contributed by atoms with E-state index in [0.29, 0.717) is 10.7 Å². The van der Waals surface area contributed by atoms with Crippen molar-refractivity contribution >= 4 is 34.6 Å². The summed E-state index contributed by atoms with van der Waals surface area (Å²) in [5.74, 6) is 0.113. The van der Waals surface area contributed by atoms with E-state index in [1.54, 1.807) is 0 Å². The molecule has 2 aromatic rings. The monoisotopic (exact) mass is 287 g/mol. The van der Waals surface area contributed by atoms with Gasteiger partial charge in [0.25, 0.3) is 0 Å². The number of amides is 1. The van der Waals surface area contributed by atoms with Gasteiger partial charge in [-0.1, -0.05) is 23.7 Å². The Hall–Kier alpha value is -1.94. The first-order valence-corrected chi connectivity index (χ1v) is 6.91. The van der Waals surface area contributed by atoms with Gasteiger partial charge in [0.15, 0.2) is 0 Å². The maximum Gasteiger partial charge on any atom is 0.243 e. The smallest absolute Gasteiger partial charge is 0.243 e. The van der Waals surface area contributed by atoms with E-state index in [1.807, 2.05) is 31.2 Å². The van der Waals surface area contributed by atoms with Crippen LogP contribution in [0.3, 0.4) is 0 Å². The first-order chi connectivity index (χ1) is 9.63. The molecule has 1 heterocycles. The number of fused-ring (bicyclic) bond motifs is 1. The third-order valence-corrected chi connectivity index (χ3v) is 3.58. The minimum atomic E-state index is -0.0262. The van der Waals surface area contributed by atoms with Crippen LogP contribution in [0.5, 0.6) is 0 Å². The van der Waals surface area contributed by atoms with Crippen LogP contribution in [0.15, 0.2) is 29.4 Å². The van der Waals surface area contributed by atoms with Gasteiger partial charge < -0.3 is 0 Å². The number of aryl methyl sites for hydroxylation is 1. The normalized spacial score (nSPS) is 14.9. The van der Waals surface area contributed by atoms with Crippen LogP contribution >= 0.6 is 11.6 Å². The molecule has 1 N–H and O–H groups in total. The number of hydrogen-bond donors (Lipinski definition) is 1. The SMILES string of the molecule is Cc1ccc2cc(/C=N/NC(=O)C3CC3)c(Cl)nc2c1. The van der Waals surface area contributed by atoms with Crippen LogP contribution in [0.1, 0.15) is 24.0 Å². The number of aromatic nitrogens is 1. The highest BCUT2D eigenvalue weighted by atomic mass is 35.5. The molecule has 1 saturated carbocycles. The molecule has 0 bridgehead atoms. The van der Waals surface area contributed by atoms with Crippen molar-refractivity contribution in [3.05, 3.63) is 40.5 Å². The van der Waals surface area contributed by atoms with E-state index >= 15 is 0 Å². The fraction of sp³-hybridized carbons (Fsp3) is 0.267. The third kappa shape index (κ3) is 2.80. The first kappa shape index (κ1) is 13.1. The van der Waals surface area contributed by atoms with E-state index in [2.05, 4.69) is 15.5 Å². The molecule has 1 fully saturated rings. The van der Waals surface area contributed by atoms with Crippen LogP contribution in [-0.2, 0) is 4.79 Å². The van der Waals surface area contributed by atoms with Gasteiger partial charge in [0, 0.05) is 16.9 Å². The van der Waals surface area contributed by atoms with Crippen molar-refractivity contribution in [2.75, 3.05) is 0 Å². The van der Waals surface area contributed by atoms with Crippen molar-refractivity contribution in [2.45, 2.75) is 19.8 Å². The molecule has 1 amide bonds. The van der Waals surface area contributed by atoms with Crippen LogP contribution in [0.4, 0.5) is 0 Å². The van der Waals surface area contributed by atoms with Crippen molar-refractivity contribution in [2.24, 2.45) is 11.0 Å². The summed E-state index contributed by atoms with van der Waals surface area (Å²) in [4.78, 5) is 15.8. The molecule has 0 atom stereocenters. The van der Waals surface area contributed by atoms with E-state index in [9.17, 15) is 4.79 Å². The number of benzene rings is 1. The van der Waals surface area contributed by atoms with E-state index in [1.165, 1.54) is 6.21 Å². The molecule has 20 heavy (non-hydrogen) atoms. The van der Waals surface area contributed by atoms with Gasteiger partial charge in [0.2, 0.25) is 5.91 Å². The van der Waals surface area contributed by atoms with E-state index in [0.717, 1.165) is 29.3 Å². The molecule has 1 aliphatic carbocycles. The van der Waals surface area contributed by atoms with Crippen molar-refractivity contribution in [3.8, 4) is 0 Å². The summed E-state index contributed by atoms with van der Waals surface area (Å²) >= 11 is 6.13. The largest absolute Gasteiger partial charge is 0.273 e. The Labute approximate surface area is 121 Å². The molecule has 5 heteroatoms. The highest BCUT2D eigenvalue weighted by Gasteiger charge is 2.29. The zero-order chi connectivity index (χ0) is 14.1. The molecule has 102 valence electrons. The minimum Gasteiger partial charge on any atom is -0.273 e. The number of nitrogens with one attached hydrogen (secondary N) is 1. The molecule has 0 spiro atoms. The van der Waals surface area contributed by atoms with Gasteiger partial charge >= 0.3 is 0 Å². The molecule has 0 radical (unpaired) electrons. The van der Waals surface area contributed by atoms with Crippen LogP contribution in [0, 0.1) is 12.8 Å². The molecule has 1 aliphatic rings. The number of halogens is 1. The Kier molecular flexibility index (Phi) is 3.40. The Balaban J connectivity index is 1.83. The van der Waals surface area contributed by atoms with Gasteiger partial charge in [-0.3, -0.25) is 4.79 Å². The lowest BCUT2D eigenvalue weighted by Gasteiger charge is -2.03. The maximum absolute atomic E-state index is 11.5. The Bertz CT molecular complexity index is 708. The minimum absolute atomic E-state index is 0.0262. The lowest BCUT2D eigenvalue weighted by molar-refractivity contribution is -0.122. The van der Waals surface area contributed by atoms with Crippen LogP contribution < -0.4 is 5.43 Å². The second-order valence-electron chi connectivity index (χ2n) is 5.07. The number of hydrogen-bond acceptors (Lipinski definition) is 3. The predicted octanol–water partition coefficient (Wildman–Crippen LogP) is 3.06. The zero-order valence-electron chi connectivity index (χ0n) is 11.1. The fourth-order valence-corrected chi connectivity index (χ4v) is 2.16. The van der Waals surface area contributed by atoms with Crippen molar-refractivity contribution in [1.82, 2.24) is 10.4 Å². The second kappa shape index (κ2) is 5.21. The highest BCUT2D eigenvalue weighted by molar-refractivity contribution is 6.32. The maximum atomic E-state index is 11.5. The number of nitrogens with zero attached hydrogens (tertiary/aromatic N) is 2. The standard InChI is InChI=1S/C15H14ClN3O/c1-9-2-3-11-7-12(14(16)18-13(11)6-9)8-17-19-15(20)10-4-5-10/h2-3,6-8,10H,4-5H2,1H3,(H,19,20)/b17-8+. The summed E-state index contributed by atoms with van der Waals surface area (Å²) in [5.41, 5.74) is 5.21. The summed E-state index contributed by atoms with van der Waals surface area (Å²) in [7, 11) is 0. The van der Waals surface area contributed by atoms with Gasteiger partial charge in [0.1, 0.15) is 5.15 Å². The predicted molar refractivity (Wildman–Crippen MR) is 80.0 cm³/mol. The average molecular weight is 288 g/mol. The van der Waals surface area contributed by atoms with Gasteiger partial charge in [-0.15, -0.1) is 0 Å². The van der Waals surface area contributed by atoms with Crippen molar-refractivity contribution in [3.63, 3.8) is 0 Å². The van der Waals surface area contributed by atoms with Gasteiger partial charge in [-0.05, 0) is 37.5 Å². The van der Waals surface area contributed by atoms with E-state index in [-0.39, 0.29) is 11.8 Å². The summed E-state index contributed by atoms with van der Waals surface area (Å²) in [5, 5.41) is 5.32. The zero-order valence-corrected chi connectivity index (χ0v) is 11.8. The van der Waals surface area contributed by atoms with Gasteiger partial charge in [0.05, 0.1) is 11.7 Å². The van der Waals surface area contributed by atoms with Gasteiger partial charge in [-0.25, -0.2) is 10.4 Å². The fourth-order valence-electron chi connectivity index (χ4n) is 1.96. The molecule has 0 saturated heterocycles. The molecule has 0 unspecified atom stereocenters. The first-order valence-electron chi connectivity index (χ1n) is 6.53. The quantitative estimate of drug-likeness (QED) is 0.536. The third-order valence-electron chi connectivity index (χ3n) is 3.28. The number of carbonyl (C=O) groups excluding carboxylic acids is 1. The molecule has 1 aromatic carbocycles. The molecule has 0 aliphatic heterocycles. The second-order valence-corrected chi connectivity index (χ2v) is 5.43. The topological polar surface area (TPSA) is 54.4 Å².